The van der Waals surface area contributed by atoms with Crippen molar-refractivity contribution < 1.29 is 4.18 Å². The van der Waals surface area contributed by atoms with Gasteiger partial charge >= 0.3 is 0 Å². The fourth-order valence-corrected chi connectivity index (χ4v) is 0.933. The van der Waals surface area contributed by atoms with Crippen molar-refractivity contribution in [2.24, 2.45) is 0 Å². The highest BCUT2D eigenvalue weighted by Crippen LogP contribution is 1.82. The Balaban J connectivity index is 3.00. The molecule has 1 nitrogen and oxygen atoms in total. The van der Waals surface area contributed by atoms with Gasteiger partial charge in [-0.3, -0.25) is 0 Å². The van der Waals surface area contributed by atoms with Gasteiger partial charge in [0.25, 0.3) is 0 Å². The summed E-state index contributed by atoms with van der Waals surface area (Å²) in [6.45, 7) is 4.74. The fraction of sp³-hybridized carbons (Fsp3) is 1.00. The molecule has 0 aliphatic heterocycles. The molecule has 0 radical (unpaired) electrons. The summed E-state index contributed by atoms with van der Waals surface area (Å²) < 4.78 is 5.03. The summed E-state index contributed by atoms with van der Waals surface area (Å²) in [6, 6.07) is 0. The summed E-state index contributed by atoms with van der Waals surface area (Å²) in [4.78, 5) is 0. The minimum absolute atomic E-state index is 0.194. The van der Waals surface area contributed by atoms with Crippen molar-refractivity contribution >= 4 is 20.9 Å². The third-order valence-electron chi connectivity index (χ3n) is 0.485. The van der Waals surface area contributed by atoms with Crippen LogP contribution in [0.2, 0.25) is 0 Å². The molecule has 44 valence electrons. The Labute approximate surface area is 51.9 Å². The first-order chi connectivity index (χ1) is 3.31. The Morgan fingerprint density at radius 1 is 1.57 bits per heavy atom. The first-order valence-corrected chi connectivity index (χ1v) is 4.57. The first-order valence-electron chi connectivity index (χ1n) is 2.32. The van der Waals surface area contributed by atoms with E-state index in [1.54, 1.807) is 0 Å². The van der Waals surface area contributed by atoms with Crippen molar-refractivity contribution in [1.82, 2.24) is 0 Å². The summed E-state index contributed by atoms with van der Waals surface area (Å²) in [7, 11) is -0.194. The van der Waals surface area contributed by atoms with Gasteiger partial charge in [-0.15, -0.1) is 0 Å². The van der Waals surface area contributed by atoms with Crippen molar-refractivity contribution in [2.75, 3.05) is 12.4 Å². The van der Waals surface area contributed by atoms with Crippen LogP contribution in [0.1, 0.15) is 13.8 Å². The molecule has 0 aromatic heterocycles. The second kappa shape index (κ2) is 4.68. The van der Waals surface area contributed by atoms with Crippen molar-refractivity contribution in [3.8, 4) is 0 Å². The lowest BCUT2D eigenvalue weighted by Gasteiger charge is -1.96. The molecule has 0 aliphatic carbocycles. The number of hydrogen-bond acceptors (Lipinski definition) is 2. The van der Waals surface area contributed by atoms with Crippen LogP contribution in [0.15, 0.2) is 0 Å². The van der Waals surface area contributed by atoms with Gasteiger partial charge in [-0.25, -0.2) is 0 Å². The van der Waals surface area contributed by atoms with Crippen LogP contribution in [-0.2, 0) is 25.1 Å². The van der Waals surface area contributed by atoms with E-state index in [1.165, 1.54) is 0 Å². The van der Waals surface area contributed by atoms with Crippen molar-refractivity contribution in [1.29, 1.82) is 0 Å². The molecule has 0 aromatic rings. The van der Waals surface area contributed by atoms with Gasteiger partial charge < -0.3 is 4.18 Å². The van der Waals surface area contributed by atoms with Crippen LogP contribution in [0.3, 0.4) is 0 Å². The predicted octanol–water partition coefficient (Wildman–Crippen LogP) is 1.04. The fourth-order valence-electron chi connectivity index (χ4n) is 0.215. The molecule has 0 spiro atoms. The van der Waals surface area contributed by atoms with Crippen molar-refractivity contribution in [3.05, 3.63) is 0 Å². The molecule has 0 aliphatic rings. The molecule has 3 heteroatoms. The molecule has 7 heavy (non-hydrogen) atoms. The maximum absolute atomic E-state index is 5.03. The standard InChI is InChI=1S/C4H10OS2/c1-3-5-7(6)4-2/h3-4H2,1-2H3. The van der Waals surface area contributed by atoms with Gasteiger partial charge in [0.1, 0.15) is 0 Å². The van der Waals surface area contributed by atoms with Gasteiger partial charge in [0.2, 0.25) is 0 Å². The van der Waals surface area contributed by atoms with Crippen LogP contribution in [0.25, 0.3) is 0 Å². The van der Waals surface area contributed by atoms with E-state index in [9.17, 15) is 0 Å². The first kappa shape index (κ1) is 7.53. The van der Waals surface area contributed by atoms with Gasteiger partial charge in [0.15, 0.2) is 0 Å². The van der Waals surface area contributed by atoms with Crippen LogP contribution in [-0.4, -0.2) is 12.4 Å². The lowest BCUT2D eigenvalue weighted by atomic mass is 10.9. The second-order valence-electron chi connectivity index (χ2n) is 0.999. The van der Waals surface area contributed by atoms with E-state index in [2.05, 4.69) is 0 Å². The maximum atomic E-state index is 5.03. The van der Waals surface area contributed by atoms with E-state index < -0.39 is 0 Å². The monoisotopic (exact) mass is 138 g/mol. The van der Waals surface area contributed by atoms with Crippen LogP contribution < -0.4 is 0 Å². The van der Waals surface area contributed by atoms with E-state index in [0.717, 1.165) is 12.4 Å². The summed E-state index contributed by atoms with van der Waals surface area (Å²) in [6.07, 6.45) is 0. The smallest absolute Gasteiger partial charge is 0.0588 e. The summed E-state index contributed by atoms with van der Waals surface area (Å²) in [5.74, 6) is 0.961. The van der Waals surface area contributed by atoms with Crippen LogP contribution >= 0.6 is 0 Å². The Hall–Kier alpha value is 0.530. The normalized spacial score (nSPS) is 14.0. The summed E-state index contributed by atoms with van der Waals surface area (Å²) in [5.41, 5.74) is 0. The van der Waals surface area contributed by atoms with E-state index in [0.29, 0.717) is 0 Å². The van der Waals surface area contributed by atoms with Crippen molar-refractivity contribution in [2.45, 2.75) is 13.8 Å². The Kier molecular flexibility index (Phi) is 5.04. The zero-order chi connectivity index (χ0) is 5.70. The van der Waals surface area contributed by atoms with E-state index in [4.69, 9.17) is 15.4 Å². The third kappa shape index (κ3) is 4.38. The van der Waals surface area contributed by atoms with E-state index >= 15 is 0 Å². The van der Waals surface area contributed by atoms with Gasteiger partial charge in [-0.05, 0) is 18.1 Å². The minimum atomic E-state index is -0.194. The average molecular weight is 138 g/mol. The van der Waals surface area contributed by atoms with Crippen LogP contribution in [0.4, 0.5) is 0 Å². The summed E-state index contributed by atoms with van der Waals surface area (Å²) >= 11 is 4.84. The third-order valence-corrected chi connectivity index (χ3v) is 2.45. The molecule has 0 amide bonds. The zero-order valence-electron chi connectivity index (χ0n) is 4.64. The Morgan fingerprint density at radius 2 is 2.14 bits per heavy atom. The predicted molar refractivity (Wildman–Crippen MR) is 36.9 cm³/mol. The molecule has 0 aromatic carbocycles. The minimum Gasteiger partial charge on any atom is -0.313 e. The molecule has 0 rings (SSSR count). The topological polar surface area (TPSA) is 9.23 Å². The molecule has 0 heterocycles. The molecular formula is C4H10OS2. The highest BCUT2D eigenvalue weighted by Gasteiger charge is 1.83. The summed E-state index contributed by atoms with van der Waals surface area (Å²) in [5, 5.41) is 0. The average Bonchev–Trinajstić information content (AvgIpc) is 1.68. The lowest BCUT2D eigenvalue weighted by Crippen LogP contribution is -1.95. The Morgan fingerprint density at radius 3 is 2.29 bits per heavy atom. The van der Waals surface area contributed by atoms with E-state index in [-0.39, 0.29) is 9.74 Å². The largest absolute Gasteiger partial charge is 0.313 e. The molecule has 0 saturated heterocycles. The van der Waals surface area contributed by atoms with Crippen LogP contribution in [0, 0.1) is 0 Å². The molecular weight excluding hydrogens is 128 g/mol. The second-order valence-corrected chi connectivity index (χ2v) is 3.53. The quantitative estimate of drug-likeness (QED) is 0.576. The Bertz CT molecular complexity index is 62.7. The molecule has 1 atom stereocenters. The molecule has 0 N–H and O–H groups in total. The molecule has 0 fully saturated rings. The van der Waals surface area contributed by atoms with Gasteiger partial charge in [0, 0.05) is 15.5 Å². The van der Waals surface area contributed by atoms with Gasteiger partial charge in [0.05, 0.1) is 6.61 Å². The van der Waals surface area contributed by atoms with E-state index in [1.807, 2.05) is 13.8 Å². The highest BCUT2D eigenvalue weighted by atomic mass is 32.8. The van der Waals surface area contributed by atoms with Gasteiger partial charge in [-0.1, -0.05) is 6.92 Å². The number of hydrogen-bond donors (Lipinski definition) is 0. The molecule has 0 saturated carbocycles. The highest BCUT2D eigenvalue weighted by molar-refractivity contribution is 8.26. The maximum Gasteiger partial charge on any atom is 0.0588 e. The van der Waals surface area contributed by atoms with Crippen molar-refractivity contribution in [3.63, 3.8) is 0 Å². The molecule has 0 bridgehead atoms. The zero-order valence-corrected chi connectivity index (χ0v) is 6.27. The van der Waals surface area contributed by atoms with Crippen LogP contribution in [0.5, 0.6) is 0 Å². The lowest BCUT2D eigenvalue weighted by molar-refractivity contribution is 0.397. The van der Waals surface area contributed by atoms with Gasteiger partial charge in [-0.2, -0.15) is 0 Å². The molecule has 1 unspecified atom stereocenters. The number of rotatable bonds is 3. The SMILES string of the molecule is CCOS(=S)CC.